The van der Waals surface area contributed by atoms with Gasteiger partial charge in [0.2, 0.25) is 0 Å². The molecular formula is C16H24IN3O3S. The van der Waals surface area contributed by atoms with Crippen LogP contribution in [0.4, 0.5) is 0 Å². The number of esters is 1. The van der Waals surface area contributed by atoms with Crippen molar-refractivity contribution in [1.82, 2.24) is 9.80 Å². The fraction of sp³-hybridized carbons (Fsp3) is 0.812. The first kappa shape index (κ1) is 18.3. The number of amides is 1. The Morgan fingerprint density at radius 1 is 1.38 bits per heavy atom. The number of halogens is 1. The lowest BCUT2D eigenvalue weighted by atomic mass is 9.96. The third kappa shape index (κ3) is 3.40. The van der Waals surface area contributed by atoms with E-state index in [1.807, 2.05) is 42.8 Å². The molecule has 3 aliphatic heterocycles. The lowest BCUT2D eigenvalue weighted by Gasteiger charge is -2.41. The van der Waals surface area contributed by atoms with Crippen LogP contribution < -0.4 is 0 Å². The Labute approximate surface area is 160 Å². The molecule has 0 spiro atoms. The van der Waals surface area contributed by atoms with Crippen LogP contribution in [0, 0.1) is 0 Å². The molecule has 0 radical (unpaired) electrons. The molecule has 3 fully saturated rings. The zero-order valence-corrected chi connectivity index (χ0v) is 17.1. The Morgan fingerprint density at radius 3 is 2.67 bits per heavy atom. The fourth-order valence-corrected chi connectivity index (χ4v) is 5.54. The van der Waals surface area contributed by atoms with Gasteiger partial charge in [-0.15, -0.1) is 11.8 Å². The summed E-state index contributed by atoms with van der Waals surface area (Å²) in [6.07, 6.45) is 6.77. The average Bonchev–Trinajstić information content (AvgIpc) is 2.69. The normalized spacial score (nSPS) is 32.5. The van der Waals surface area contributed by atoms with E-state index >= 15 is 0 Å². The highest BCUT2D eigenvalue weighted by atomic mass is 127. The molecule has 3 aliphatic rings. The molecule has 0 aromatic rings. The Balaban J connectivity index is 1.67. The van der Waals surface area contributed by atoms with Gasteiger partial charge in [-0.2, -0.15) is 0 Å². The van der Waals surface area contributed by atoms with E-state index in [2.05, 4.69) is 9.89 Å². The maximum atomic E-state index is 12.6. The Bertz CT molecular complexity index is 535. The van der Waals surface area contributed by atoms with Crippen molar-refractivity contribution in [2.45, 2.75) is 61.7 Å². The predicted molar refractivity (Wildman–Crippen MR) is 103 cm³/mol. The van der Waals surface area contributed by atoms with Crippen LogP contribution >= 0.6 is 34.4 Å². The second-order valence-corrected chi connectivity index (χ2v) is 9.39. The number of rotatable bonds is 4. The van der Waals surface area contributed by atoms with Gasteiger partial charge in [0.25, 0.3) is 5.91 Å². The van der Waals surface area contributed by atoms with E-state index in [0.29, 0.717) is 4.61 Å². The molecule has 3 rings (SSSR count). The largest absolute Gasteiger partial charge is 0.453 e. The number of ether oxygens (including phenoxy) is 1. The van der Waals surface area contributed by atoms with E-state index in [1.165, 1.54) is 25.7 Å². The molecule has 0 aromatic carbocycles. The van der Waals surface area contributed by atoms with Crippen molar-refractivity contribution in [3.63, 3.8) is 0 Å². The highest BCUT2D eigenvalue weighted by Gasteiger charge is 2.64. The van der Waals surface area contributed by atoms with Gasteiger partial charge in [-0.05, 0) is 49.3 Å². The molecule has 0 aliphatic carbocycles. The van der Waals surface area contributed by atoms with Crippen molar-refractivity contribution in [3.8, 4) is 0 Å². The number of fused-ring (bicyclic) bond motifs is 1. The third-order valence-electron chi connectivity index (χ3n) is 4.86. The summed E-state index contributed by atoms with van der Waals surface area (Å²) in [6, 6.07) is -0.880. The molecule has 1 unspecified atom stereocenters. The van der Waals surface area contributed by atoms with Crippen molar-refractivity contribution in [1.29, 1.82) is 0 Å². The van der Waals surface area contributed by atoms with Crippen molar-refractivity contribution < 1.29 is 14.3 Å². The second-order valence-electron chi connectivity index (χ2n) is 6.99. The van der Waals surface area contributed by atoms with Crippen LogP contribution in [0.15, 0.2) is 4.99 Å². The third-order valence-corrected chi connectivity index (χ3v) is 6.73. The fourth-order valence-electron chi connectivity index (χ4n) is 3.62. The van der Waals surface area contributed by atoms with Crippen LogP contribution in [0.1, 0.15) is 39.5 Å². The number of carbonyl (C=O) groups is 2. The molecule has 0 aromatic heterocycles. The van der Waals surface area contributed by atoms with Crippen LogP contribution in [0.5, 0.6) is 0 Å². The highest BCUT2D eigenvalue weighted by molar-refractivity contribution is 14.1. The first-order chi connectivity index (χ1) is 11.5. The highest BCUT2D eigenvalue weighted by Crippen LogP contribution is 2.51. The maximum Gasteiger partial charge on any atom is 0.331 e. The number of thioether (sulfide) groups is 1. The molecule has 3 saturated heterocycles. The van der Waals surface area contributed by atoms with E-state index in [1.54, 1.807) is 16.7 Å². The van der Waals surface area contributed by atoms with Gasteiger partial charge in [0, 0.05) is 17.8 Å². The van der Waals surface area contributed by atoms with Crippen LogP contribution in [0.25, 0.3) is 0 Å². The van der Waals surface area contributed by atoms with Gasteiger partial charge in [-0.25, -0.2) is 4.79 Å². The number of carbonyl (C=O) groups excluding carboxylic acids is 2. The number of aliphatic imine (C=N–C) groups is 1. The number of hydrogen-bond donors (Lipinski definition) is 0. The predicted octanol–water partition coefficient (Wildman–Crippen LogP) is 2.26. The van der Waals surface area contributed by atoms with Crippen molar-refractivity contribution >= 4 is 52.6 Å². The molecule has 8 heteroatoms. The van der Waals surface area contributed by atoms with Gasteiger partial charge in [-0.3, -0.25) is 9.79 Å². The summed E-state index contributed by atoms with van der Waals surface area (Å²) < 4.78 is 5.11. The monoisotopic (exact) mass is 465 g/mol. The minimum atomic E-state index is -0.514. The van der Waals surface area contributed by atoms with Crippen LogP contribution in [0.2, 0.25) is 0 Å². The summed E-state index contributed by atoms with van der Waals surface area (Å²) in [6.45, 7) is 6.03. The zero-order valence-electron chi connectivity index (χ0n) is 14.1. The molecule has 134 valence electrons. The van der Waals surface area contributed by atoms with Crippen LogP contribution in [-0.4, -0.2) is 67.9 Å². The standard InChI is InChI=1S/C16H24IN3O3S/c1-16(2)12(15(22)23-9-17)20-13(21)11(14(20)24-16)18-10-19-7-5-3-4-6-8-19/h10-12,14H,3-9H2,1-2H3/b18-10+/t11?,12-,14+/m0/s1. The lowest BCUT2D eigenvalue weighted by Crippen LogP contribution is -2.65. The molecule has 3 atom stereocenters. The second kappa shape index (κ2) is 7.39. The molecule has 0 saturated carbocycles. The molecule has 0 N–H and O–H groups in total. The minimum absolute atomic E-state index is 0.0533. The number of hydrogen-bond acceptors (Lipinski definition) is 5. The molecule has 0 bridgehead atoms. The van der Waals surface area contributed by atoms with E-state index in [-0.39, 0.29) is 28.0 Å². The van der Waals surface area contributed by atoms with E-state index in [9.17, 15) is 9.59 Å². The van der Waals surface area contributed by atoms with Crippen LogP contribution in [-0.2, 0) is 14.3 Å². The van der Waals surface area contributed by atoms with Gasteiger partial charge < -0.3 is 14.5 Å². The van der Waals surface area contributed by atoms with Crippen molar-refractivity contribution in [2.75, 3.05) is 17.7 Å². The zero-order chi connectivity index (χ0) is 17.3. The van der Waals surface area contributed by atoms with E-state index in [4.69, 9.17) is 4.74 Å². The lowest BCUT2D eigenvalue weighted by molar-refractivity contribution is -0.161. The van der Waals surface area contributed by atoms with Gasteiger partial charge in [-0.1, -0.05) is 12.8 Å². The van der Waals surface area contributed by atoms with E-state index in [0.717, 1.165) is 13.1 Å². The smallest absolute Gasteiger partial charge is 0.331 e. The summed E-state index contributed by atoms with van der Waals surface area (Å²) >= 11 is 3.65. The van der Waals surface area contributed by atoms with Crippen LogP contribution in [0.3, 0.4) is 0 Å². The molecule has 24 heavy (non-hydrogen) atoms. The summed E-state index contributed by atoms with van der Waals surface area (Å²) in [5.41, 5.74) is 0. The van der Waals surface area contributed by atoms with Gasteiger partial charge in [0.05, 0.1) is 6.34 Å². The Kier molecular flexibility index (Phi) is 5.63. The first-order valence-corrected chi connectivity index (χ1v) is 10.9. The number of nitrogens with zero attached hydrogens (tertiary/aromatic N) is 3. The summed E-state index contributed by atoms with van der Waals surface area (Å²) in [7, 11) is 0. The van der Waals surface area contributed by atoms with Gasteiger partial charge in [0.15, 0.2) is 6.04 Å². The number of likely N-dealkylation sites (tertiary alicyclic amines) is 1. The van der Waals surface area contributed by atoms with Crippen molar-refractivity contribution in [2.24, 2.45) is 4.99 Å². The van der Waals surface area contributed by atoms with Gasteiger partial charge >= 0.3 is 5.97 Å². The molecule has 6 nitrogen and oxygen atoms in total. The average molecular weight is 465 g/mol. The first-order valence-electron chi connectivity index (χ1n) is 8.45. The van der Waals surface area contributed by atoms with Gasteiger partial charge in [0.1, 0.15) is 16.0 Å². The number of alkyl halides is 1. The summed E-state index contributed by atoms with van der Waals surface area (Å²) in [4.78, 5) is 33.3. The summed E-state index contributed by atoms with van der Waals surface area (Å²) in [5.74, 6) is -0.368. The number of β-lactam (4-membered cyclic amide) rings is 1. The Morgan fingerprint density at radius 2 is 2.04 bits per heavy atom. The molecular weight excluding hydrogens is 441 g/mol. The maximum absolute atomic E-state index is 12.6. The minimum Gasteiger partial charge on any atom is -0.453 e. The quantitative estimate of drug-likeness (QED) is 0.159. The topological polar surface area (TPSA) is 62.2 Å². The van der Waals surface area contributed by atoms with Crippen molar-refractivity contribution in [3.05, 3.63) is 0 Å². The summed E-state index contributed by atoms with van der Waals surface area (Å²) in [5, 5.41) is -0.0533. The van der Waals surface area contributed by atoms with E-state index < -0.39 is 6.04 Å². The Hall–Kier alpha value is -0.510. The molecule has 3 heterocycles. The molecule has 1 amide bonds. The SMILES string of the molecule is CC1(C)S[C@@H]2C(/N=C/N3CCCCCC3)C(=O)N2[C@H]1C(=O)OCI.